The van der Waals surface area contributed by atoms with E-state index in [1.165, 1.54) is 6.33 Å². The van der Waals surface area contributed by atoms with Crippen molar-refractivity contribution < 1.29 is 0 Å². The van der Waals surface area contributed by atoms with Gasteiger partial charge in [0.05, 0.1) is 29.2 Å². The lowest BCUT2D eigenvalue weighted by Crippen LogP contribution is -2.14. The SMILES string of the molecule is Nc1ccc(/C=N/Nc2ncnc3c2C=NC(c2ccccn2)C3)cn1. The van der Waals surface area contributed by atoms with Gasteiger partial charge in [0.2, 0.25) is 0 Å². The van der Waals surface area contributed by atoms with Gasteiger partial charge < -0.3 is 5.73 Å². The van der Waals surface area contributed by atoms with Gasteiger partial charge in [0.1, 0.15) is 12.1 Å². The van der Waals surface area contributed by atoms with E-state index in [1.807, 2.05) is 24.3 Å². The first kappa shape index (κ1) is 15.8. The second-order valence-electron chi connectivity index (χ2n) is 5.72. The maximum atomic E-state index is 5.57. The number of nitrogen functional groups attached to an aromatic ring is 1. The lowest BCUT2D eigenvalue weighted by molar-refractivity contribution is 0.675. The van der Waals surface area contributed by atoms with Crippen molar-refractivity contribution in [1.82, 2.24) is 19.9 Å². The Morgan fingerprint density at radius 3 is 2.88 bits per heavy atom. The standard InChI is InChI=1S/C18H16N8/c19-17-5-4-12(8-22-17)9-25-26-18-13-10-21-16(7-15(13)23-11-24-18)14-3-1-2-6-20-14/h1-6,8-11,16H,7H2,(H2,19,22)(H,23,24,26)/b25-9+. The first-order valence-corrected chi connectivity index (χ1v) is 8.08. The molecule has 0 aliphatic carbocycles. The average Bonchev–Trinajstić information content (AvgIpc) is 2.70. The van der Waals surface area contributed by atoms with Crippen LogP contribution in [0.5, 0.6) is 0 Å². The van der Waals surface area contributed by atoms with Crippen molar-refractivity contribution >= 4 is 24.1 Å². The van der Waals surface area contributed by atoms with Crippen molar-refractivity contribution in [3.8, 4) is 0 Å². The molecule has 1 unspecified atom stereocenters. The molecule has 0 saturated carbocycles. The minimum Gasteiger partial charge on any atom is -0.384 e. The normalized spacial score (nSPS) is 15.8. The zero-order chi connectivity index (χ0) is 17.8. The number of nitrogens with one attached hydrogen (secondary N) is 1. The van der Waals surface area contributed by atoms with Gasteiger partial charge in [-0.05, 0) is 24.3 Å². The van der Waals surface area contributed by atoms with Crippen LogP contribution in [0.25, 0.3) is 0 Å². The highest BCUT2D eigenvalue weighted by molar-refractivity contribution is 5.89. The smallest absolute Gasteiger partial charge is 0.158 e. The van der Waals surface area contributed by atoms with E-state index in [-0.39, 0.29) is 6.04 Å². The number of hydrogen-bond donors (Lipinski definition) is 2. The zero-order valence-electron chi connectivity index (χ0n) is 13.8. The van der Waals surface area contributed by atoms with E-state index in [0.717, 1.165) is 22.5 Å². The fraction of sp³-hybridized carbons (Fsp3) is 0.111. The molecular weight excluding hydrogens is 328 g/mol. The molecule has 3 aromatic rings. The highest BCUT2D eigenvalue weighted by atomic mass is 15.3. The number of pyridine rings is 2. The van der Waals surface area contributed by atoms with Crippen molar-refractivity contribution in [2.45, 2.75) is 12.5 Å². The molecule has 4 heterocycles. The third kappa shape index (κ3) is 3.39. The summed E-state index contributed by atoms with van der Waals surface area (Å²) in [6, 6.07) is 9.35. The number of aromatic nitrogens is 4. The van der Waals surface area contributed by atoms with Gasteiger partial charge in [0, 0.05) is 30.6 Å². The summed E-state index contributed by atoms with van der Waals surface area (Å²) in [5.41, 5.74) is 12.0. The predicted molar refractivity (Wildman–Crippen MR) is 100 cm³/mol. The van der Waals surface area contributed by atoms with Gasteiger partial charge in [0.15, 0.2) is 5.82 Å². The zero-order valence-corrected chi connectivity index (χ0v) is 13.8. The summed E-state index contributed by atoms with van der Waals surface area (Å²) in [5.74, 6) is 1.08. The Balaban J connectivity index is 1.52. The summed E-state index contributed by atoms with van der Waals surface area (Å²) in [6.45, 7) is 0. The van der Waals surface area contributed by atoms with Crippen LogP contribution in [-0.4, -0.2) is 32.4 Å². The second-order valence-corrected chi connectivity index (χ2v) is 5.72. The topological polar surface area (TPSA) is 114 Å². The Hall–Kier alpha value is -3.68. The van der Waals surface area contributed by atoms with Gasteiger partial charge in [-0.3, -0.25) is 15.4 Å². The predicted octanol–water partition coefficient (Wildman–Crippen LogP) is 2.01. The van der Waals surface area contributed by atoms with Crippen LogP contribution in [0.1, 0.15) is 28.6 Å². The molecule has 0 aromatic carbocycles. The van der Waals surface area contributed by atoms with E-state index in [9.17, 15) is 0 Å². The molecule has 0 amide bonds. The summed E-state index contributed by atoms with van der Waals surface area (Å²) < 4.78 is 0. The van der Waals surface area contributed by atoms with Gasteiger partial charge in [-0.15, -0.1) is 0 Å². The van der Waals surface area contributed by atoms with E-state index in [2.05, 4.69) is 35.5 Å². The molecule has 26 heavy (non-hydrogen) atoms. The molecule has 0 spiro atoms. The summed E-state index contributed by atoms with van der Waals surface area (Å²) >= 11 is 0. The monoisotopic (exact) mass is 344 g/mol. The number of fused-ring (bicyclic) bond motifs is 1. The van der Waals surface area contributed by atoms with Crippen molar-refractivity contribution in [3.63, 3.8) is 0 Å². The van der Waals surface area contributed by atoms with Gasteiger partial charge in [-0.25, -0.2) is 15.0 Å². The number of hydrazone groups is 1. The van der Waals surface area contributed by atoms with E-state index >= 15 is 0 Å². The molecule has 128 valence electrons. The summed E-state index contributed by atoms with van der Waals surface area (Å²) in [6.07, 6.45) is 9.04. The van der Waals surface area contributed by atoms with Crippen LogP contribution in [0.4, 0.5) is 11.6 Å². The fourth-order valence-corrected chi connectivity index (χ4v) is 2.63. The first-order valence-electron chi connectivity index (χ1n) is 8.08. The van der Waals surface area contributed by atoms with Crippen LogP contribution >= 0.6 is 0 Å². The lowest BCUT2D eigenvalue weighted by Gasteiger charge is -2.18. The van der Waals surface area contributed by atoms with Crippen LogP contribution in [0.3, 0.4) is 0 Å². The molecule has 1 aliphatic heterocycles. The van der Waals surface area contributed by atoms with E-state index in [4.69, 9.17) is 5.73 Å². The number of nitrogens with two attached hydrogens (primary N) is 1. The maximum Gasteiger partial charge on any atom is 0.158 e. The molecular formula is C18H16N8. The Kier molecular flexibility index (Phi) is 4.29. The molecule has 8 heteroatoms. The minimum absolute atomic E-state index is 0.0317. The number of rotatable bonds is 4. The highest BCUT2D eigenvalue weighted by Crippen LogP contribution is 2.27. The van der Waals surface area contributed by atoms with Crippen LogP contribution < -0.4 is 11.2 Å². The first-order chi connectivity index (χ1) is 12.8. The summed E-state index contributed by atoms with van der Waals surface area (Å²) in [4.78, 5) is 21.6. The quantitative estimate of drug-likeness (QED) is 0.553. The molecule has 0 saturated heterocycles. The third-order valence-corrected chi connectivity index (χ3v) is 3.96. The molecule has 1 atom stereocenters. The number of nitrogens with zero attached hydrogens (tertiary/aromatic N) is 6. The largest absolute Gasteiger partial charge is 0.384 e. The molecule has 0 radical (unpaired) electrons. The van der Waals surface area contributed by atoms with Crippen LogP contribution in [0, 0.1) is 0 Å². The Morgan fingerprint density at radius 1 is 1.12 bits per heavy atom. The highest BCUT2D eigenvalue weighted by Gasteiger charge is 2.21. The molecule has 0 bridgehead atoms. The Bertz CT molecular complexity index is 951. The van der Waals surface area contributed by atoms with Crippen LogP contribution in [0.15, 0.2) is 59.1 Å². The maximum absolute atomic E-state index is 5.57. The Morgan fingerprint density at radius 2 is 2.08 bits per heavy atom. The van der Waals surface area contributed by atoms with Crippen molar-refractivity contribution in [2.75, 3.05) is 11.2 Å². The summed E-state index contributed by atoms with van der Waals surface area (Å²) in [5, 5.41) is 4.21. The molecule has 8 nitrogen and oxygen atoms in total. The summed E-state index contributed by atoms with van der Waals surface area (Å²) in [7, 11) is 0. The van der Waals surface area contributed by atoms with Gasteiger partial charge in [-0.2, -0.15) is 5.10 Å². The van der Waals surface area contributed by atoms with Gasteiger partial charge in [0.25, 0.3) is 0 Å². The lowest BCUT2D eigenvalue weighted by atomic mass is 10.0. The molecule has 1 aliphatic rings. The van der Waals surface area contributed by atoms with Gasteiger partial charge in [-0.1, -0.05) is 6.07 Å². The van der Waals surface area contributed by atoms with Crippen molar-refractivity contribution in [1.29, 1.82) is 0 Å². The van der Waals surface area contributed by atoms with Crippen molar-refractivity contribution in [3.05, 3.63) is 71.6 Å². The molecule has 3 N–H and O–H groups in total. The van der Waals surface area contributed by atoms with Crippen molar-refractivity contribution in [2.24, 2.45) is 10.1 Å². The molecule has 3 aromatic heterocycles. The third-order valence-electron chi connectivity index (χ3n) is 3.96. The van der Waals surface area contributed by atoms with E-state index < -0.39 is 0 Å². The number of hydrogen-bond acceptors (Lipinski definition) is 8. The van der Waals surface area contributed by atoms with Gasteiger partial charge >= 0.3 is 0 Å². The second kappa shape index (κ2) is 7.06. The molecule has 4 rings (SSSR count). The average molecular weight is 344 g/mol. The van der Waals surface area contributed by atoms with E-state index in [1.54, 1.807) is 30.9 Å². The van der Waals surface area contributed by atoms with Crippen LogP contribution in [-0.2, 0) is 6.42 Å². The Labute approximate surface area is 150 Å². The molecule has 0 fully saturated rings. The van der Waals surface area contributed by atoms with Crippen LogP contribution in [0.2, 0.25) is 0 Å². The van der Waals surface area contributed by atoms with E-state index in [0.29, 0.717) is 18.1 Å². The number of anilines is 2. The number of aliphatic imine (C=N–C) groups is 1. The fourth-order valence-electron chi connectivity index (χ4n) is 2.63. The minimum atomic E-state index is -0.0317.